The van der Waals surface area contributed by atoms with E-state index in [2.05, 4.69) is 5.32 Å². The highest BCUT2D eigenvalue weighted by Crippen LogP contribution is 2.15. The first-order valence-electron chi connectivity index (χ1n) is 8.03. The minimum absolute atomic E-state index is 0.0239. The van der Waals surface area contributed by atoms with Crippen LogP contribution in [0.2, 0.25) is 0 Å². The lowest BCUT2D eigenvalue weighted by atomic mass is 10.1. The number of hydrogen-bond acceptors (Lipinski definition) is 4. The fourth-order valence-electron chi connectivity index (χ4n) is 2.46. The van der Waals surface area contributed by atoms with Gasteiger partial charge in [0.2, 0.25) is 5.91 Å². The Morgan fingerprint density at radius 2 is 1.91 bits per heavy atom. The molecule has 0 spiro atoms. The van der Waals surface area contributed by atoms with Gasteiger partial charge < -0.3 is 19.7 Å². The second kappa shape index (κ2) is 9.15. The number of ether oxygens (including phenoxy) is 2. The van der Waals surface area contributed by atoms with Crippen LogP contribution in [0.15, 0.2) is 30.3 Å². The van der Waals surface area contributed by atoms with Crippen LogP contribution in [0.3, 0.4) is 0 Å². The molecule has 1 aliphatic heterocycles. The quantitative estimate of drug-likeness (QED) is 0.870. The van der Waals surface area contributed by atoms with Crippen molar-refractivity contribution in [1.82, 2.24) is 10.2 Å². The number of hydrogen-bond donors (Lipinski definition) is 1. The summed E-state index contributed by atoms with van der Waals surface area (Å²) in [5.74, 6) is -0.0998. The van der Waals surface area contributed by atoms with Crippen LogP contribution in [-0.4, -0.2) is 49.2 Å². The molecule has 23 heavy (non-hydrogen) atoms. The topological polar surface area (TPSA) is 67.9 Å². The summed E-state index contributed by atoms with van der Waals surface area (Å²) in [4.78, 5) is 25.1. The Labute approximate surface area is 136 Å². The third-order valence-electron chi connectivity index (χ3n) is 3.73. The van der Waals surface area contributed by atoms with Gasteiger partial charge in [-0.3, -0.25) is 4.79 Å². The van der Waals surface area contributed by atoms with Crippen molar-refractivity contribution < 1.29 is 19.1 Å². The lowest BCUT2D eigenvalue weighted by Crippen LogP contribution is -2.42. The van der Waals surface area contributed by atoms with Crippen LogP contribution in [0.4, 0.5) is 4.79 Å². The van der Waals surface area contributed by atoms with E-state index in [0.717, 1.165) is 18.4 Å². The van der Waals surface area contributed by atoms with Gasteiger partial charge in [-0.1, -0.05) is 30.3 Å². The number of amides is 2. The Morgan fingerprint density at radius 3 is 2.57 bits per heavy atom. The molecule has 1 aliphatic rings. The lowest BCUT2D eigenvalue weighted by Gasteiger charge is -2.31. The molecular weight excluding hydrogens is 296 g/mol. The number of carbonyl (C=O) groups excluding carboxylic acids is 2. The van der Waals surface area contributed by atoms with Crippen LogP contribution in [-0.2, 0) is 20.9 Å². The van der Waals surface area contributed by atoms with Gasteiger partial charge in [-0.15, -0.1) is 0 Å². The summed E-state index contributed by atoms with van der Waals surface area (Å²) in [5, 5.41) is 2.70. The molecule has 1 N–H and O–H groups in total. The molecule has 0 radical (unpaired) electrons. The summed E-state index contributed by atoms with van der Waals surface area (Å²) in [6.07, 6.45) is 1.17. The van der Waals surface area contributed by atoms with Crippen LogP contribution in [0.25, 0.3) is 0 Å². The summed E-state index contributed by atoms with van der Waals surface area (Å²) in [6.45, 7) is 4.02. The second-order valence-corrected chi connectivity index (χ2v) is 5.49. The third-order valence-corrected chi connectivity index (χ3v) is 3.73. The van der Waals surface area contributed by atoms with Crippen molar-refractivity contribution in [3.63, 3.8) is 0 Å². The molecule has 126 valence electrons. The van der Waals surface area contributed by atoms with Crippen LogP contribution < -0.4 is 5.32 Å². The first-order valence-corrected chi connectivity index (χ1v) is 8.03. The standard InChI is InChI=1S/C17H24N2O4/c1-2-18-16(20)13-22-15-8-10-19(11-9-15)17(21)23-12-14-6-4-3-5-7-14/h3-7,15H,2,8-13H2,1H3,(H,18,20). The second-order valence-electron chi connectivity index (χ2n) is 5.49. The number of piperidine rings is 1. The van der Waals surface area contributed by atoms with Crippen LogP contribution in [0.1, 0.15) is 25.3 Å². The molecule has 0 saturated carbocycles. The van der Waals surface area contributed by atoms with Gasteiger partial charge >= 0.3 is 6.09 Å². The monoisotopic (exact) mass is 320 g/mol. The molecule has 2 amide bonds. The van der Waals surface area contributed by atoms with Gasteiger partial charge in [0.05, 0.1) is 6.10 Å². The summed E-state index contributed by atoms with van der Waals surface area (Å²) < 4.78 is 10.9. The summed E-state index contributed by atoms with van der Waals surface area (Å²) >= 11 is 0. The maximum absolute atomic E-state index is 12.0. The van der Waals surface area contributed by atoms with E-state index in [1.807, 2.05) is 37.3 Å². The van der Waals surface area contributed by atoms with Gasteiger partial charge in [-0.05, 0) is 25.3 Å². The minimum Gasteiger partial charge on any atom is -0.445 e. The van der Waals surface area contributed by atoms with Gasteiger partial charge in [-0.2, -0.15) is 0 Å². The van der Waals surface area contributed by atoms with E-state index in [0.29, 0.717) is 19.6 Å². The Morgan fingerprint density at radius 1 is 1.22 bits per heavy atom. The van der Waals surface area contributed by atoms with Crippen molar-refractivity contribution >= 4 is 12.0 Å². The van der Waals surface area contributed by atoms with Gasteiger partial charge in [-0.25, -0.2) is 4.79 Å². The fourth-order valence-corrected chi connectivity index (χ4v) is 2.46. The highest BCUT2D eigenvalue weighted by molar-refractivity contribution is 5.77. The maximum atomic E-state index is 12.0. The first-order chi connectivity index (χ1) is 11.2. The summed E-state index contributed by atoms with van der Waals surface area (Å²) in [7, 11) is 0. The molecule has 1 heterocycles. The Balaban J connectivity index is 1.65. The molecule has 1 saturated heterocycles. The van der Waals surface area contributed by atoms with Gasteiger partial charge in [0.25, 0.3) is 0 Å². The zero-order valence-corrected chi connectivity index (χ0v) is 13.5. The SMILES string of the molecule is CCNC(=O)COC1CCN(C(=O)OCc2ccccc2)CC1. The average Bonchev–Trinajstić information content (AvgIpc) is 2.59. The van der Waals surface area contributed by atoms with E-state index in [-0.39, 0.29) is 31.3 Å². The third kappa shape index (κ3) is 5.90. The highest BCUT2D eigenvalue weighted by atomic mass is 16.6. The number of nitrogens with zero attached hydrogens (tertiary/aromatic N) is 1. The Bertz CT molecular complexity index is 499. The van der Waals surface area contributed by atoms with Gasteiger partial charge in [0, 0.05) is 19.6 Å². The summed E-state index contributed by atoms with van der Waals surface area (Å²) in [6, 6.07) is 9.61. The molecule has 6 nitrogen and oxygen atoms in total. The Hall–Kier alpha value is -2.08. The first kappa shape index (κ1) is 17.3. The largest absolute Gasteiger partial charge is 0.445 e. The summed E-state index contributed by atoms with van der Waals surface area (Å²) in [5.41, 5.74) is 0.973. The zero-order chi connectivity index (χ0) is 16.5. The van der Waals surface area contributed by atoms with Crippen molar-refractivity contribution in [2.45, 2.75) is 32.5 Å². The van der Waals surface area contributed by atoms with Crippen molar-refractivity contribution in [2.75, 3.05) is 26.2 Å². The minimum atomic E-state index is -0.295. The van der Waals surface area contributed by atoms with E-state index < -0.39 is 0 Å². The molecule has 0 atom stereocenters. The van der Waals surface area contributed by atoms with Crippen molar-refractivity contribution in [3.05, 3.63) is 35.9 Å². The molecule has 1 fully saturated rings. The zero-order valence-electron chi connectivity index (χ0n) is 13.5. The number of likely N-dealkylation sites (tertiary alicyclic amines) is 1. The number of nitrogens with one attached hydrogen (secondary N) is 1. The maximum Gasteiger partial charge on any atom is 0.410 e. The highest BCUT2D eigenvalue weighted by Gasteiger charge is 2.24. The molecule has 0 aromatic heterocycles. The number of carbonyl (C=O) groups is 2. The molecule has 0 unspecified atom stereocenters. The predicted molar refractivity (Wildman–Crippen MR) is 85.9 cm³/mol. The lowest BCUT2D eigenvalue weighted by molar-refractivity contribution is -0.128. The van der Waals surface area contributed by atoms with Gasteiger partial charge in [0.1, 0.15) is 13.2 Å². The average molecular weight is 320 g/mol. The molecular formula is C17H24N2O4. The molecule has 1 aromatic carbocycles. The van der Waals surface area contributed by atoms with E-state index in [1.165, 1.54) is 0 Å². The van der Waals surface area contributed by atoms with Crippen LogP contribution in [0.5, 0.6) is 0 Å². The molecule has 6 heteroatoms. The van der Waals surface area contributed by atoms with E-state index >= 15 is 0 Å². The Kier molecular flexibility index (Phi) is 6.87. The van der Waals surface area contributed by atoms with Gasteiger partial charge in [0.15, 0.2) is 0 Å². The smallest absolute Gasteiger partial charge is 0.410 e. The molecule has 2 rings (SSSR count). The molecule has 0 bridgehead atoms. The van der Waals surface area contributed by atoms with E-state index in [9.17, 15) is 9.59 Å². The van der Waals surface area contributed by atoms with Crippen molar-refractivity contribution in [2.24, 2.45) is 0 Å². The molecule has 1 aromatic rings. The predicted octanol–water partition coefficient (Wildman–Crippen LogP) is 1.94. The molecule has 0 aliphatic carbocycles. The van der Waals surface area contributed by atoms with Crippen molar-refractivity contribution in [1.29, 1.82) is 0 Å². The number of likely N-dealkylation sites (N-methyl/N-ethyl adjacent to an activating group) is 1. The normalized spacial score (nSPS) is 15.3. The van der Waals surface area contributed by atoms with Crippen molar-refractivity contribution in [3.8, 4) is 0 Å². The fraction of sp³-hybridized carbons (Fsp3) is 0.529. The van der Waals surface area contributed by atoms with E-state index in [4.69, 9.17) is 9.47 Å². The van der Waals surface area contributed by atoms with Crippen LogP contribution >= 0.6 is 0 Å². The van der Waals surface area contributed by atoms with E-state index in [1.54, 1.807) is 4.90 Å². The number of rotatable bonds is 6. The number of benzene rings is 1. The van der Waals surface area contributed by atoms with Crippen LogP contribution in [0, 0.1) is 0 Å².